The van der Waals surface area contributed by atoms with Gasteiger partial charge in [-0.05, 0) is 157 Å². The van der Waals surface area contributed by atoms with Gasteiger partial charge in [0.15, 0.2) is 13.2 Å². The molecule has 10 nitrogen and oxygen atoms in total. The molecule has 0 saturated heterocycles. The van der Waals surface area contributed by atoms with E-state index in [4.69, 9.17) is 21.1 Å². The van der Waals surface area contributed by atoms with Gasteiger partial charge in [-0.3, -0.25) is 0 Å². The number of benzene rings is 6. The van der Waals surface area contributed by atoms with Crippen molar-refractivity contribution in [1.29, 1.82) is 0 Å². The first-order chi connectivity index (χ1) is 35.9. The first kappa shape index (κ1) is 57.1. The summed E-state index contributed by atoms with van der Waals surface area (Å²) >= 11 is 5.87. The van der Waals surface area contributed by atoms with Crippen molar-refractivity contribution in [2.45, 2.75) is 60.4 Å². The fourth-order valence-corrected chi connectivity index (χ4v) is 10.5. The van der Waals surface area contributed by atoms with Crippen molar-refractivity contribution in [3.63, 3.8) is 0 Å². The van der Waals surface area contributed by atoms with E-state index >= 15 is 0 Å². The maximum absolute atomic E-state index is 14.0. The van der Waals surface area contributed by atoms with Crippen molar-refractivity contribution in [3.8, 4) is 11.5 Å². The number of nitrogens with zero attached hydrogens (tertiary/aromatic N) is 2. The fraction of sp³-hybridized carbons (Fsp3) is 0.231. The molecular weight excluding hydrogens is 1090 g/mol. The lowest BCUT2D eigenvalue weighted by Crippen LogP contribution is -2.33. The minimum atomic E-state index is -4.26. The maximum atomic E-state index is 14.0. The van der Waals surface area contributed by atoms with Gasteiger partial charge in [0.2, 0.25) is 0 Å². The molecule has 0 fully saturated rings. The normalized spacial score (nSPS) is 12.4. The van der Waals surface area contributed by atoms with E-state index in [1.807, 2.05) is 0 Å². The van der Waals surface area contributed by atoms with E-state index in [2.05, 4.69) is 10.6 Å². The highest BCUT2D eigenvalue weighted by molar-refractivity contribution is 7.90. The van der Waals surface area contributed by atoms with Gasteiger partial charge in [0.05, 0.1) is 20.8 Å². The van der Waals surface area contributed by atoms with Crippen LogP contribution in [0, 0.1) is 17.5 Å². The molecule has 2 aromatic heterocycles. The molecule has 0 saturated carbocycles. The van der Waals surface area contributed by atoms with Gasteiger partial charge in [0, 0.05) is 41.3 Å². The average Bonchev–Trinajstić information content (AvgIpc) is 3.95. The van der Waals surface area contributed by atoms with Crippen molar-refractivity contribution in [2.75, 3.05) is 26.3 Å². The third-order valence-electron chi connectivity index (χ3n) is 11.5. The topological polar surface area (TPSA) is 121 Å². The van der Waals surface area contributed by atoms with Crippen molar-refractivity contribution in [3.05, 3.63) is 191 Å². The molecular formula is C52H44ClF11N4O6S2. The molecule has 0 amide bonds. The van der Waals surface area contributed by atoms with Gasteiger partial charge in [-0.2, -0.15) is 17.6 Å². The number of rotatable bonds is 22. The van der Waals surface area contributed by atoms with Crippen LogP contribution in [-0.2, 0) is 46.0 Å². The monoisotopic (exact) mass is 1130 g/mol. The zero-order chi connectivity index (χ0) is 55.0. The average molecular weight is 1130 g/mol. The molecule has 404 valence electrons. The third kappa shape index (κ3) is 14.0. The Morgan fingerprint density at radius 3 is 1.29 bits per heavy atom. The van der Waals surface area contributed by atoms with Gasteiger partial charge < -0.3 is 20.1 Å². The number of hydrogen-bond acceptors (Lipinski definition) is 8. The molecule has 0 unspecified atom stereocenters. The highest BCUT2D eigenvalue weighted by atomic mass is 35.5. The molecule has 0 radical (unpaired) electrons. The predicted molar refractivity (Wildman–Crippen MR) is 263 cm³/mol. The van der Waals surface area contributed by atoms with Crippen molar-refractivity contribution >= 4 is 53.5 Å². The molecule has 0 spiro atoms. The molecule has 2 N–H and O–H groups in total. The zero-order valence-electron chi connectivity index (χ0n) is 39.4. The van der Waals surface area contributed by atoms with Gasteiger partial charge in [0.1, 0.15) is 29.0 Å². The van der Waals surface area contributed by atoms with Crippen LogP contribution in [0.15, 0.2) is 156 Å². The van der Waals surface area contributed by atoms with E-state index in [-0.39, 0.29) is 38.9 Å². The van der Waals surface area contributed by atoms with Crippen LogP contribution >= 0.6 is 11.6 Å². The van der Waals surface area contributed by atoms with E-state index in [9.17, 15) is 65.1 Å². The highest BCUT2D eigenvalue weighted by Crippen LogP contribution is 2.31. The molecule has 24 heteroatoms. The molecule has 0 aliphatic carbocycles. The summed E-state index contributed by atoms with van der Waals surface area (Å²) in [6.45, 7) is -1.55. The summed E-state index contributed by atoms with van der Waals surface area (Å²) in [4.78, 5) is -0.153. The van der Waals surface area contributed by atoms with Gasteiger partial charge in [-0.15, -0.1) is 0 Å². The van der Waals surface area contributed by atoms with Gasteiger partial charge in [-0.25, -0.2) is 55.5 Å². The maximum Gasteiger partial charge on any atom is 0.340 e. The smallest absolute Gasteiger partial charge is 0.340 e. The van der Waals surface area contributed by atoms with E-state index in [0.717, 1.165) is 44.3 Å². The molecule has 8 aromatic rings. The SMILES string of the molecule is O=S(=O)(c1ccc(Cl)cc1)n1cc(CCNCc2cccc(OCC(F)(F)C(F)F)c2)c2ccc(F)cc21.O=S(=O)(c1ccc(F)cc1)n1cc(CCNCc2cccc(OCC(F)(F)C(F)F)c2)c2ccc(F)cc21. The van der Waals surface area contributed by atoms with Crippen LogP contribution in [0.2, 0.25) is 5.02 Å². The minimum Gasteiger partial charge on any atom is -0.487 e. The molecule has 2 heterocycles. The summed E-state index contributed by atoms with van der Waals surface area (Å²) in [6.07, 6.45) is -4.07. The standard InChI is InChI=1S/C26H22ClF5N2O3S.C26H22F6N2O3S/c2*27-19-4-7-22(8-5-19)38(35,36)34-15-18(23-9-6-20(28)13-24(23)34)10-11-33-14-17-2-1-3-21(12-17)37-16-26(31,32)25(29)30/h2*1-9,12-13,15,25,33H,10-11,14,16H2. The number of ether oxygens (including phenoxy) is 2. The number of halogens is 12. The number of hydrogen-bond donors (Lipinski definition) is 2. The van der Waals surface area contributed by atoms with Crippen LogP contribution in [-0.4, -0.2) is 75.8 Å². The molecule has 0 aliphatic rings. The van der Waals surface area contributed by atoms with Crippen LogP contribution in [0.4, 0.5) is 48.3 Å². The Balaban J connectivity index is 0.000000221. The summed E-state index contributed by atoms with van der Waals surface area (Å²) in [5, 5.41) is 7.76. The van der Waals surface area contributed by atoms with E-state index in [1.54, 1.807) is 18.2 Å². The Morgan fingerprint density at radius 2 is 0.895 bits per heavy atom. The molecule has 0 bridgehead atoms. The predicted octanol–water partition coefficient (Wildman–Crippen LogP) is 12.1. The lowest BCUT2D eigenvalue weighted by molar-refractivity contribution is -0.148. The van der Waals surface area contributed by atoms with Crippen LogP contribution in [0.5, 0.6) is 11.5 Å². The second kappa shape index (κ2) is 24.1. The largest absolute Gasteiger partial charge is 0.487 e. The van der Waals surface area contributed by atoms with E-state index < -0.39 is 75.4 Å². The second-order valence-corrected chi connectivity index (χ2v) is 21.1. The van der Waals surface area contributed by atoms with E-state index in [1.165, 1.54) is 91.3 Å². The summed E-state index contributed by atoms with van der Waals surface area (Å²) in [7, 11) is -8.15. The lowest BCUT2D eigenvalue weighted by Gasteiger charge is -2.16. The molecule has 76 heavy (non-hydrogen) atoms. The number of alkyl halides is 8. The van der Waals surface area contributed by atoms with Crippen LogP contribution in [0.25, 0.3) is 21.8 Å². The van der Waals surface area contributed by atoms with Crippen molar-refractivity contribution < 1.29 is 74.6 Å². The summed E-state index contributed by atoms with van der Waals surface area (Å²) < 4.78 is 208. The first-order valence-corrected chi connectivity index (χ1v) is 26.0. The number of fused-ring (bicyclic) bond motifs is 2. The van der Waals surface area contributed by atoms with Gasteiger partial charge in [-0.1, -0.05) is 35.9 Å². The van der Waals surface area contributed by atoms with Gasteiger partial charge in [0.25, 0.3) is 20.0 Å². The van der Waals surface area contributed by atoms with Crippen LogP contribution in [0.1, 0.15) is 22.3 Å². The van der Waals surface area contributed by atoms with E-state index in [0.29, 0.717) is 70.5 Å². The summed E-state index contributed by atoms with van der Waals surface area (Å²) in [5.41, 5.74) is 2.92. The number of nitrogens with one attached hydrogen (secondary N) is 2. The Kier molecular flexibility index (Phi) is 18.1. The minimum absolute atomic E-state index is 0.00106. The second-order valence-electron chi connectivity index (χ2n) is 17.0. The molecule has 6 aromatic carbocycles. The van der Waals surface area contributed by atoms with Crippen molar-refractivity contribution in [1.82, 2.24) is 18.6 Å². The Morgan fingerprint density at radius 1 is 0.513 bits per heavy atom. The first-order valence-electron chi connectivity index (χ1n) is 22.7. The quantitative estimate of drug-likeness (QED) is 0.0509. The van der Waals surface area contributed by atoms with Gasteiger partial charge >= 0.3 is 24.7 Å². The Labute approximate surface area is 433 Å². The highest BCUT2D eigenvalue weighted by Gasteiger charge is 2.42. The van der Waals surface area contributed by atoms with Crippen LogP contribution < -0.4 is 20.1 Å². The Hall–Kier alpha value is -6.66. The Bertz CT molecular complexity index is 3280. The molecule has 8 rings (SSSR count). The van der Waals surface area contributed by atoms with Crippen LogP contribution in [0.3, 0.4) is 0 Å². The molecule has 0 aliphatic heterocycles. The van der Waals surface area contributed by atoms with Crippen molar-refractivity contribution in [2.24, 2.45) is 0 Å². The summed E-state index contributed by atoms with van der Waals surface area (Å²) in [6, 6.07) is 29.8. The lowest BCUT2D eigenvalue weighted by atomic mass is 10.1. The fourth-order valence-electron chi connectivity index (χ4n) is 7.60. The third-order valence-corrected chi connectivity index (χ3v) is 15.1. The molecule has 0 atom stereocenters. The summed E-state index contributed by atoms with van der Waals surface area (Å²) in [5.74, 6) is -10.3. The zero-order valence-corrected chi connectivity index (χ0v) is 41.8. The number of aromatic nitrogens is 2.